The highest BCUT2D eigenvalue weighted by Crippen LogP contribution is 2.66. The summed E-state index contributed by atoms with van der Waals surface area (Å²) < 4.78 is 8.87. The van der Waals surface area contributed by atoms with Gasteiger partial charge in [0.1, 0.15) is 11.9 Å². The Kier molecular flexibility index (Phi) is 12.5. The first-order chi connectivity index (χ1) is 36.7. The van der Waals surface area contributed by atoms with Crippen LogP contribution in [0.3, 0.4) is 0 Å². The Labute approximate surface area is 440 Å². The van der Waals surface area contributed by atoms with Crippen LogP contribution in [0.4, 0.5) is 16.6 Å². The minimum absolute atomic E-state index is 0.0386. The van der Waals surface area contributed by atoms with Gasteiger partial charge in [-0.2, -0.15) is 5.10 Å². The molecule has 390 valence electrons. The molecule has 3 aromatic carbocycles. The molecule has 6 amide bonds. The number of thiazole rings is 1. The maximum Gasteiger partial charge on any atom is 0.355 e. The van der Waals surface area contributed by atoms with Crippen molar-refractivity contribution in [1.29, 1.82) is 0 Å². The number of ether oxygens (including phenoxy) is 1. The average Bonchev–Trinajstić information content (AvgIpc) is 4.18. The summed E-state index contributed by atoms with van der Waals surface area (Å²) in [5.74, 6) is -2.27. The Hall–Kier alpha value is -7.84. The highest BCUT2D eigenvalue weighted by atomic mass is 32.1. The van der Waals surface area contributed by atoms with Gasteiger partial charge in [0.05, 0.1) is 46.2 Å². The third kappa shape index (κ3) is 8.85. The lowest BCUT2D eigenvalue weighted by atomic mass is 9.44. The van der Waals surface area contributed by atoms with Crippen molar-refractivity contribution in [1.82, 2.24) is 35.3 Å². The van der Waals surface area contributed by atoms with Crippen LogP contribution in [0.25, 0.3) is 21.3 Å². The number of imide groups is 2. The fraction of sp³-hybridized carbons (Fsp3) is 0.393. The quantitative estimate of drug-likeness (QED) is 0.0506. The van der Waals surface area contributed by atoms with Gasteiger partial charge >= 0.3 is 5.97 Å². The third-order valence-corrected chi connectivity index (χ3v) is 17.5. The lowest BCUT2D eigenvalue weighted by Crippen LogP contribution is -2.58. The van der Waals surface area contributed by atoms with Gasteiger partial charge in [0.25, 0.3) is 17.7 Å². The number of anilines is 3. The molecule has 4 bridgehead atoms. The van der Waals surface area contributed by atoms with Gasteiger partial charge in [-0.25, -0.2) is 14.8 Å². The minimum atomic E-state index is -1.15. The molecule has 5 fully saturated rings. The van der Waals surface area contributed by atoms with E-state index < -0.39 is 41.1 Å². The molecule has 3 aliphatic heterocycles. The molecule has 1 saturated heterocycles. The van der Waals surface area contributed by atoms with Crippen molar-refractivity contribution in [2.75, 3.05) is 48.4 Å². The molecule has 3 unspecified atom stereocenters. The van der Waals surface area contributed by atoms with Crippen molar-refractivity contribution in [3.63, 3.8) is 0 Å². The van der Waals surface area contributed by atoms with Crippen molar-refractivity contribution >= 4 is 79.6 Å². The molecule has 13 rings (SSSR count). The van der Waals surface area contributed by atoms with Gasteiger partial charge < -0.3 is 25.4 Å². The van der Waals surface area contributed by atoms with Gasteiger partial charge in [0.2, 0.25) is 17.7 Å². The molecule has 20 heteroatoms. The second kappa shape index (κ2) is 19.4. The summed E-state index contributed by atoms with van der Waals surface area (Å²) >= 11 is 1.42. The number of aromatic carboxylic acids is 1. The Bertz CT molecular complexity index is 3380. The van der Waals surface area contributed by atoms with Gasteiger partial charge in [0.15, 0.2) is 10.8 Å². The molecular weight excluding hydrogens is 989 g/mol. The van der Waals surface area contributed by atoms with E-state index in [-0.39, 0.29) is 60.1 Å². The van der Waals surface area contributed by atoms with E-state index >= 15 is 0 Å². The number of benzene rings is 3. The maximum atomic E-state index is 14.2. The number of hydrogen-bond acceptors (Lipinski definition) is 14. The fourth-order valence-electron chi connectivity index (χ4n) is 13.6. The standard InChI is InChI=1S/C56H56N10O9S/c1-31-38(35-12-14-44(61-47(35)52(72)73)64-19-16-34-6-4-7-36(39(34)28-64)48(68)63-54-60-40-9-2-3-11-43(40)76-54)27-59-65(31)30-55-23-32-22-33(24-55)26-56(25-32,29-55)53(74)58-18-21-75-20-17-57-41-10-5-8-37-46(41)51(71)66(50(37)70)42-13-15-45(67)62-49(42)69/h2-12,14,27,32-33,42,57H,13,15-26,28-30H2,1H3,(H,58,74)(H,72,73)(H,60,63,68)(H,62,67,69). The van der Waals surface area contributed by atoms with Crippen LogP contribution >= 0.6 is 11.3 Å². The molecule has 19 nitrogen and oxygen atoms in total. The molecule has 4 saturated carbocycles. The van der Waals surface area contributed by atoms with Gasteiger partial charge in [-0.3, -0.25) is 49.0 Å². The van der Waals surface area contributed by atoms with E-state index in [1.54, 1.807) is 24.4 Å². The van der Waals surface area contributed by atoms with E-state index in [0.29, 0.717) is 84.3 Å². The van der Waals surface area contributed by atoms with E-state index in [2.05, 4.69) is 26.3 Å². The van der Waals surface area contributed by atoms with Crippen molar-refractivity contribution in [3.05, 3.63) is 118 Å². The third-order valence-electron chi connectivity index (χ3n) is 16.5. The second-order valence-corrected chi connectivity index (χ2v) is 22.5. The topological polar surface area (TPSA) is 247 Å². The fourth-order valence-corrected chi connectivity index (χ4v) is 14.5. The molecule has 6 aromatic rings. The molecule has 76 heavy (non-hydrogen) atoms. The van der Waals surface area contributed by atoms with Crippen LogP contribution in [-0.4, -0.2) is 110 Å². The highest BCUT2D eigenvalue weighted by molar-refractivity contribution is 7.22. The molecule has 4 aliphatic carbocycles. The van der Waals surface area contributed by atoms with Crippen LogP contribution in [0.5, 0.6) is 0 Å². The summed E-state index contributed by atoms with van der Waals surface area (Å²) in [6.07, 6.45) is 8.04. The van der Waals surface area contributed by atoms with Crippen LogP contribution < -0.4 is 26.2 Å². The van der Waals surface area contributed by atoms with E-state index in [1.807, 2.05) is 71.1 Å². The number of carboxylic acid groups (broad SMARTS) is 1. The number of fused-ring (bicyclic) bond motifs is 3. The zero-order chi connectivity index (χ0) is 52.5. The zero-order valence-electron chi connectivity index (χ0n) is 41.9. The molecule has 0 radical (unpaired) electrons. The first-order valence-corrected chi connectivity index (χ1v) is 26.8. The van der Waals surface area contributed by atoms with E-state index in [4.69, 9.17) is 14.8 Å². The molecule has 5 N–H and O–H groups in total. The minimum Gasteiger partial charge on any atom is -0.476 e. The average molecular weight is 1050 g/mol. The summed E-state index contributed by atoms with van der Waals surface area (Å²) in [5, 5.41) is 27.6. The number of rotatable bonds is 16. The van der Waals surface area contributed by atoms with E-state index in [9.17, 15) is 38.7 Å². The lowest BCUT2D eigenvalue weighted by Gasteiger charge is -2.61. The molecule has 6 heterocycles. The Morgan fingerprint density at radius 3 is 2.47 bits per heavy atom. The summed E-state index contributed by atoms with van der Waals surface area (Å²) in [5.41, 5.74) is 5.37. The number of nitrogens with zero attached hydrogens (tertiary/aromatic N) is 6. The predicted molar refractivity (Wildman–Crippen MR) is 281 cm³/mol. The van der Waals surface area contributed by atoms with Crippen molar-refractivity contribution in [3.8, 4) is 11.1 Å². The number of carbonyl (C=O) groups is 7. The molecule has 3 aromatic heterocycles. The number of hydrogen-bond donors (Lipinski definition) is 5. The van der Waals surface area contributed by atoms with Crippen molar-refractivity contribution < 1.29 is 43.4 Å². The summed E-state index contributed by atoms with van der Waals surface area (Å²) in [6, 6.07) is 21.0. The summed E-state index contributed by atoms with van der Waals surface area (Å²) in [6.45, 7) is 4.74. The number of amides is 6. The van der Waals surface area contributed by atoms with E-state index in [0.717, 1.165) is 70.5 Å². The molecule has 3 atom stereocenters. The highest BCUT2D eigenvalue weighted by Gasteiger charge is 2.60. The Balaban J connectivity index is 0.666. The van der Waals surface area contributed by atoms with Crippen molar-refractivity contribution in [2.45, 2.75) is 83.8 Å². The van der Waals surface area contributed by atoms with Gasteiger partial charge in [-0.1, -0.05) is 41.7 Å². The van der Waals surface area contributed by atoms with Crippen LogP contribution in [0.2, 0.25) is 0 Å². The van der Waals surface area contributed by atoms with Gasteiger partial charge in [-0.05, 0) is 129 Å². The number of aromatic nitrogens is 4. The maximum absolute atomic E-state index is 14.2. The van der Waals surface area contributed by atoms with Crippen LogP contribution in [-0.2, 0) is 38.6 Å². The predicted octanol–water partition coefficient (Wildman–Crippen LogP) is 6.61. The van der Waals surface area contributed by atoms with Gasteiger partial charge in [-0.15, -0.1) is 0 Å². The number of piperidine rings is 1. The zero-order valence-corrected chi connectivity index (χ0v) is 42.7. The van der Waals surface area contributed by atoms with Gasteiger partial charge in [0, 0.05) is 67.2 Å². The number of carbonyl (C=O) groups excluding carboxylic acids is 6. The van der Waals surface area contributed by atoms with Crippen LogP contribution in [0.1, 0.15) is 110 Å². The van der Waals surface area contributed by atoms with Crippen molar-refractivity contribution in [2.24, 2.45) is 22.7 Å². The van der Waals surface area contributed by atoms with Crippen LogP contribution in [0.15, 0.2) is 79.0 Å². The lowest BCUT2D eigenvalue weighted by molar-refractivity contribution is -0.159. The number of pyridine rings is 1. The first-order valence-electron chi connectivity index (χ1n) is 26.0. The summed E-state index contributed by atoms with van der Waals surface area (Å²) in [4.78, 5) is 104. The smallest absolute Gasteiger partial charge is 0.355 e. The Morgan fingerprint density at radius 1 is 0.868 bits per heavy atom. The first kappa shape index (κ1) is 49.1. The SMILES string of the molecule is Cc1c(-c2ccc(N3CCc4cccc(C(=O)Nc5nc6ccccc6s5)c4C3)nc2C(=O)O)cnn1CC12CC3CC(C1)CC(C(=O)NCCOCCNc1cccc4c1C(=O)N(C1CCC(=O)NC1=O)C4=O)(C3)C2. The molecular formula is C56H56N10O9S. The largest absolute Gasteiger partial charge is 0.476 e. The van der Waals surface area contributed by atoms with Crippen LogP contribution in [0, 0.1) is 29.6 Å². The second-order valence-electron chi connectivity index (χ2n) is 21.4. The monoisotopic (exact) mass is 1040 g/mol. The number of para-hydroxylation sites is 1. The number of carboxylic acids is 1. The number of nitrogens with one attached hydrogen (secondary N) is 4. The molecule has 0 spiro atoms. The van der Waals surface area contributed by atoms with E-state index in [1.165, 1.54) is 11.3 Å². The Morgan fingerprint density at radius 2 is 1.67 bits per heavy atom. The molecule has 7 aliphatic rings. The normalized spacial score (nSPS) is 23.4. The summed E-state index contributed by atoms with van der Waals surface area (Å²) in [7, 11) is 0.